The van der Waals surface area contributed by atoms with Gasteiger partial charge in [-0.1, -0.05) is 13.8 Å². The van der Waals surface area contributed by atoms with Crippen LogP contribution >= 0.6 is 0 Å². The molecule has 0 radical (unpaired) electrons. The van der Waals surface area contributed by atoms with Gasteiger partial charge in [0.25, 0.3) is 0 Å². The first kappa shape index (κ1) is 11.0. The van der Waals surface area contributed by atoms with Crippen molar-refractivity contribution >= 4 is 0 Å². The normalized spacial score (nSPS) is 46.9. The maximum absolute atomic E-state index is 6.57. The van der Waals surface area contributed by atoms with Gasteiger partial charge >= 0.3 is 0 Å². The topological polar surface area (TPSA) is 21.3 Å². The summed E-state index contributed by atoms with van der Waals surface area (Å²) in [5.74, 6) is 1.62. The van der Waals surface area contributed by atoms with E-state index in [1.165, 1.54) is 51.5 Å². The Bertz CT molecular complexity index is 262. The van der Waals surface area contributed by atoms with E-state index in [-0.39, 0.29) is 11.3 Å². The maximum Gasteiger partial charge on any atom is 0.120 e. The van der Waals surface area contributed by atoms with Crippen molar-refractivity contribution in [2.24, 2.45) is 11.8 Å². The molecule has 2 atom stereocenters. The Morgan fingerprint density at radius 2 is 1.75 bits per heavy atom. The van der Waals surface area contributed by atoms with Crippen molar-refractivity contribution in [1.29, 1.82) is 0 Å². The van der Waals surface area contributed by atoms with Gasteiger partial charge in [-0.05, 0) is 56.8 Å². The van der Waals surface area contributed by atoms with Crippen LogP contribution in [0.4, 0.5) is 0 Å². The van der Waals surface area contributed by atoms with Gasteiger partial charge in [0.05, 0.1) is 5.60 Å². The average Bonchev–Trinajstić information content (AvgIpc) is 2.13. The quantitative estimate of drug-likeness (QED) is 0.681. The van der Waals surface area contributed by atoms with Crippen molar-refractivity contribution in [2.45, 2.75) is 70.1 Å². The van der Waals surface area contributed by atoms with E-state index >= 15 is 0 Å². The van der Waals surface area contributed by atoms with E-state index in [2.05, 4.69) is 19.2 Å². The van der Waals surface area contributed by atoms with Gasteiger partial charge < -0.3 is 4.74 Å². The molecule has 3 aliphatic rings. The summed E-state index contributed by atoms with van der Waals surface area (Å²) in [4.78, 5) is 0. The van der Waals surface area contributed by atoms with Gasteiger partial charge in [-0.15, -0.1) is 0 Å². The Hall–Kier alpha value is -0.0800. The summed E-state index contributed by atoms with van der Waals surface area (Å²) in [6.45, 7) is 5.93. The van der Waals surface area contributed by atoms with Crippen LogP contribution in [-0.4, -0.2) is 17.9 Å². The Labute approximate surface area is 99.1 Å². The smallest absolute Gasteiger partial charge is 0.120 e. The van der Waals surface area contributed by atoms with Crippen LogP contribution in [-0.2, 0) is 4.74 Å². The molecule has 1 aliphatic heterocycles. The lowest BCUT2D eigenvalue weighted by Gasteiger charge is -2.56. The van der Waals surface area contributed by atoms with Crippen molar-refractivity contribution in [3.05, 3.63) is 0 Å². The molecule has 2 nitrogen and oxygen atoms in total. The van der Waals surface area contributed by atoms with Gasteiger partial charge in [0, 0.05) is 6.54 Å². The Morgan fingerprint density at radius 3 is 2.31 bits per heavy atom. The minimum atomic E-state index is 0.0375. The third-order valence-electron chi connectivity index (χ3n) is 4.87. The van der Waals surface area contributed by atoms with Crippen molar-refractivity contribution in [1.82, 2.24) is 5.32 Å². The lowest BCUT2D eigenvalue weighted by molar-refractivity contribution is -0.250. The van der Waals surface area contributed by atoms with Gasteiger partial charge in [0.2, 0.25) is 0 Å². The monoisotopic (exact) mass is 223 g/mol. The molecule has 2 heteroatoms. The average molecular weight is 223 g/mol. The molecule has 0 bridgehead atoms. The Kier molecular flexibility index (Phi) is 2.56. The van der Waals surface area contributed by atoms with E-state index in [4.69, 9.17) is 4.74 Å². The van der Waals surface area contributed by atoms with Crippen LogP contribution in [0.2, 0.25) is 0 Å². The SMILES string of the molecule is CC1CC(C)CC2(C1)NCCC1(CCC1)O2. The van der Waals surface area contributed by atoms with Crippen LogP contribution in [0.15, 0.2) is 0 Å². The summed E-state index contributed by atoms with van der Waals surface area (Å²) < 4.78 is 6.57. The zero-order chi connectivity index (χ0) is 11.2. The van der Waals surface area contributed by atoms with E-state index in [1.807, 2.05) is 0 Å². The Balaban J connectivity index is 1.76. The highest BCUT2D eigenvalue weighted by molar-refractivity contribution is 5.00. The predicted molar refractivity (Wildman–Crippen MR) is 65.2 cm³/mol. The van der Waals surface area contributed by atoms with Crippen molar-refractivity contribution in [2.75, 3.05) is 6.54 Å². The molecule has 2 unspecified atom stereocenters. The van der Waals surface area contributed by atoms with Crippen LogP contribution in [0.3, 0.4) is 0 Å². The number of nitrogens with one attached hydrogen (secondary N) is 1. The standard InChI is InChI=1S/C14H25NO/c1-11-8-12(2)10-14(9-11)15-7-6-13(16-14)4-3-5-13/h11-12,15H,3-10H2,1-2H3. The molecule has 1 N–H and O–H groups in total. The summed E-state index contributed by atoms with van der Waals surface area (Å²) >= 11 is 0. The summed E-state index contributed by atoms with van der Waals surface area (Å²) in [5, 5.41) is 3.70. The minimum absolute atomic E-state index is 0.0375. The molecule has 0 amide bonds. The van der Waals surface area contributed by atoms with E-state index in [0.717, 1.165) is 11.8 Å². The fraction of sp³-hybridized carbons (Fsp3) is 1.00. The van der Waals surface area contributed by atoms with Crippen molar-refractivity contribution in [3.8, 4) is 0 Å². The first-order chi connectivity index (χ1) is 7.62. The van der Waals surface area contributed by atoms with Crippen LogP contribution < -0.4 is 5.32 Å². The lowest BCUT2D eigenvalue weighted by Crippen LogP contribution is -2.63. The van der Waals surface area contributed by atoms with Crippen LogP contribution in [0, 0.1) is 11.8 Å². The molecule has 2 saturated carbocycles. The zero-order valence-corrected chi connectivity index (χ0v) is 10.7. The fourth-order valence-electron chi connectivity index (χ4n) is 4.23. The molecule has 92 valence electrons. The second-order valence-electron chi connectivity index (χ2n) is 6.66. The lowest BCUT2D eigenvalue weighted by atomic mass is 9.72. The van der Waals surface area contributed by atoms with E-state index in [1.54, 1.807) is 0 Å². The van der Waals surface area contributed by atoms with E-state index in [0.29, 0.717) is 0 Å². The minimum Gasteiger partial charge on any atom is -0.354 e. The molecule has 1 heterocycles. The first-order valence-electron chi connectivity index (χ1n) is 7.07. The van der Waals surface area contributed by atoms with E-state index in [9.17, 15) is 0 Å². The van der Waals surface area contributed by atoms with Crippen LogP contribution in [0.25, 0.3) is 0 Å². The largest absolute Gasteiger partial charge is 0.354 e. The number of rotatable bonds is 0. The second kappa shape index (κ2) is 3.71. The molecule has 2 aliphatic carbocycles. The Morgan fingerprint density at radius 1 is 1.06 bits per heavy atom. The summed E-state index contributed by atoms with van der Waals surface area (Å²) in [6, 6.07) is 0. The van der Waals surface area contributed by atoms with Crippen molar-refractivity contribution in [3.63, 3.8) is 0 Å². The molecule has 2 spiro atoms. The highest BCUT2D eigenvalue weighted by Gasteiger charge is 2.50. The van der Waals surface area contributed by atoms with E-state index < -0.39 is 0 Å². The first-order valence-corrected chi connectivity index (χ1v) is 7.07. The van der Waals surface area contributed by atoms with Gasteiger partial charge in [-0.25, -0.2) is 0 Å². The molecule has 1 saturated heterocycles. The molecule has 0 aromatic rings. The van der Waals surface area contributed by atoms with Gasteiger partial charge in [-0.2, -0.15) is 0 Å². The summed E-state index contributed by atoms with van der Waals surface area (Å²) in [6.07, 6.45) is 9.04. The van der Waals surface area contributed by atoms with Crippen molar-refractivity contribution < 1.29 is 4.74 Å². The third kappa shape index (κ3) is 1.80. The van der Waals surface area contributed by atoms with Crippen LogP contribution in [0.1, 0.15) is 58.8 Å². The molecular formula is C14H25NO. The summed E-state index contributed by atoms with van der Waals surface area (Å²) in [5.41, 5.74) is 0.317. The zero-order valence-electron chi connectivity index (χ0n) is 10.7. The number of hydrogen-bond acceptors (Lipinski definition) is 2. The molecule has 16 heavy (non-hydrogen) atoms. The maximum atomic E-state index is 6.57. The van der Waals surface area contributed by atoms with Gasteiger partial charge in [0.15, 0.2) is 0 Å². The molecule has 0 aromatic carbocycles. The second-order valence-corrected chi connectivity index (χ2v) is 6.66. The molecule has 0 aromatic heterocycles. The molecular weight excluding hydrogens is 198 g/mol. The van der Waals surface area contributed by atoms with Crippen LogP contribution in [0.5, 0.6) is 0 Å². The van der Waals surface area contributed by atoms with Gasteiger partial charge in [-0.3, -0.25) is 5.32 Å². The fourth-order valence-corrected chi connectivity index (χ4v) is 4.23. The highest BCUT2D eigenvalue weighted by atomic mass is 16.5. The predicted octanol–water partition coefficient (Wildman–Crippen LogP) is 3.07. The highest BCUT2D eigenvalue weighted by Crippen LogP contribution is 2.48. The molecule has 3 rings (SSSR count). The molecule has 3 fully saturated rings. The number of ether oxygens (including phenoxy) is 1. The van der Waals surface area contributed by atoms with Gasteiger partial charge in [0.1, 0.15) is 5.72 Å². The third-order valence-corrected chi connectivity index (χ3v) is 4.87. The summed E-state index contributed by atoms with van der Waals surface area (Å²) in [7, 11) is 0. The number of hydrogen-bond donors (Lipinski definition) is 1.